The highest BCUT2D eigenvalue weighted by molar-refractivity contribution is 7.08. The van der Waals surface area contributed by atoms with Crippen molar-refractivity contribution in [3.8, 4) is 0 Å². The van der Waals surface area contributed by atoms with E-state index in [1.165, 1.54) is 11.3 Å². The van der Waals surface area contributed by atoms with Gasteiger partial charge in [0.15, 0.2) is 0 Å². The SMILES string of the molecule is O=C(Nc1ccsc1)C1CC(=O)N(Cc2ccco2)C1. The highest BCUT2D eigenvalue weighted by Gasteiger charge is 2.34. The summed E-state index contributed by atoms with van der Waals surface area (Å²) in [6.07, 6.45) is 1.84. The zero-order valence-corrected chi connectivity index (χ0v) is 11.6. The molecule has 5 nitrogen and oxygen atoms in total. The Balaban J connectivity index is 1.60. The van der Waals surface area contributed by atoms with Gasteiger partial charge in [0.1, 0.15) is 5.76 Å². The summed E-state index contributed by atoms with van der Waals surface area (Å²) >= 11 is 1.52. The first kappa shape index (κ1) is 12.9. The fraction of sp³-hybridized carbons (Fsp3) is 0.286. The zero-order chi connectivity index (χ0) is 13.9. The van der Waals surface area contributed by atoms with Gasteiger partial charge in [-0.15, -0.1) is 0 Å². The minimum absolute atomic E-state index is 0.00753. The van der Waals surface area contributed by atoms with Gasteiger partial charge in [-0.25, -0.2) is 0 Å². The maximum Gasteiger partial charge on any atom is 0.229 e. The third-order valence-electron chi connectivity index (χ3n) is 3.30. The van der Waals surface area contributed by atoms with Crippen LogP contribution in [0.25, 0.3) is 0 Å². The van der Waals surface area contributed by atoms with Gasteiger partial charge in [-0.1, -0.05) is 0 Å². The van der Waals surface area contributed by atoms with E-state index in [0.717, 1.165) is 11.4 Å². The number of hydrogen-bond donors (Lipinski definition) is 1. The van der Waals surface area contributed by atoms with Gasteiger partial charge in [-0.2, -0.15) is 11.3 Å². The van der Waals surface area contributed by atoms with Crippen LogP contribution >= 0.6 is 11.3 Å². The second-order valence-corrected chi connectivity index (χ2v) is 5.54. The Kier molecular flexibility index (Phi) is 3.56. The molecule has 6 heteroatoms. The largest absolute Gasteiger partial charge is 0.467 e. The number of thiophene rings is 1. The maximum absolute atomic E-state index is 12.1. The highest BCUT2D eigenvalue weighted by atomic mass is 32.1. The third-order valence-corrected chi connectivity index (χ3v) is 3.98. The predicted molar refractivity (Wildman–Crippen MR) is 75.2 cm³/mol. The molecule has 20 heavy (non-hydrogen) atoms. The van der Waals surface area contributed by atoms with Crippen LogP contribution in [0.4, 0.5) is 5.69 Å². The molecule has 3 rings (SSSR count). The Morgan fingerprint density at radius 1 is 1.50 bits per heavy atom. The number of likely N-dealkylation sites (tertiary alicyclic amines) is 1. The quantitative estimate of drug-likeness (QED) is 0.940. The summed E-state index contributed by atoms with van der Waals surface area (Å²) in [5.41, 5.74) is 0.789. The summed E-state index contributed by atoms with van der Waals surface area (Å²) in [5, 5.41) is 6.60. The summed E-state index contributed by atoms with van der Waals surface area (Å²) in [6, 6.07) is 5.46. The van der Waals surface area contributed by atoms with Crippen molar-refractivity contribution in [2.45, 2.75) is 13.0 Å². The van der Waals surface area contributed by atoms with Gasteiger partial charge in [-0.3, -0.25) is 9.59 Å². The Bertz CT molecular complexity index is 592. The van der Waals surface area contributed by atoms with Gasteiger partial charge in [0.2, 0.25) is 11.8 Å². The van der Waals surface area contributed by atoms with Crippen molar-refractivity contribution in [1.82, 2.24) is 4.90 Å². The zero-order valence-electron chi connectivity index (χ0n) is 10.7. The van der Waals surface area contributed by atoms with Crippen LogP contribution in [0.2, 0.25) is 0 Å². The predicted octanol–water partition coefficient (Wildman–Crippen LogP) is 2.33. The fourth-order valence-corrected chi connectivity index (χ4v) is 2.86. The van der Waals surface area contributed by atoms with Crippen LogP contribution in [0.5, 0.6) is 0 Å². The fourth-order valence-electron chi connectivity index (χ4n) is 2.27. The first-order chi connectivity index (χ1) is 9.72. The number of furan rings is 1. The van der Waals surface area contributed by atoms with Gasteiger partial charge in [0, 0.05) is 18.3 Å². The average Bonchev–Trinajstić information content (AvgIpc) is 3.13. The van der Waals surface area contributed by atoms with Crippen LogP contribution in [-0.4, -0.2) is 23.3 Å². The number of nitrogens with zero attached hydrogens (tertiary/aromatic N) is 1. The van der Waals surface area contributed by atoms with Gasteiger partial charge < -0.3 is 14.6 Å². The lowest BCUT2D eigenvalue weighted by molar-refractivity contribution is -0.128. The minimum atomic E-state index is -0.294. The van der Waals surface area contributed by atoms with E-state index in [-0.39, 0.29) is 24.2 Å². The normalized spacial score (nSPS) is 18.5. The second kappa shape index (κ2) is 5.50. The van der Waals surface area contributed by atoms with Crippen LogP contribution in [0.15, 0.2) is 39.6 Å². The Hall–Kier alpha value is -2.08. The minimum Gasteiger partial charge on any atom is -0.467 e. The molecule has 0 aromatic carbocycles. The van der Waals surface area contributed by atoms with Crippen molar-refractivity contribution < 1.29 is 14.0 Å². The molecular weight excluding hydrogens is 276 g/mol. The number of hydrogen-bond acceptors (Lipinski definition) is 4. The molecule has 1 unspecified atom stereocenters. The molecule has 0 saturated carbocycles. The van der Waals surface area contributed by atoms with E-state index in [4.69, 9.17) is 4.42 Å². The molecular formula is C14H14N2O3S. The van der Waals surface area contributed by atoms with E-state index in [1.54, 1.807) is 17.2 Å². The Morgan fingerprint density at radius 3 is 3.10 bits per heavy atom. The molecule has 2 aromatic heterocycles. The van der Waals surface area contributed by atoms with E-state index in [9.17, 15) is 9.59 Å². The number of anilines is 1. The van der Waals surface area contributed by atoms with Crippen LogP contribution < -0.4 is 5.32 Å². The summed E-state index contributed by atoms with van der Waals surface area (Å²) in [6.45, 7) is 0.865. The van der Waals surface area contributed by atoms with Crippen molar-refractivity contribution in [2.75, 3.05) is 11.9 Å². The van der Waals surface area contributed by atoms with Crippen LogP contribution in [0.3, 0.4) is 0 Å². The smallest absolute Gasteiger partial charge is 0.229 e. The lowest BCUT2D eigenvalue weighted by Gasteiger charge is -2.14. The average molecular weight is 290 g/mol. The first-order valence-electron chi connectivity index (χ1n) is 6.35. The molecule has 104 valence electrons. The van der Waals surface area contributed by atoms with Gasteiger partial charge in [0.05, 0.1) is 24.4 Å². The summed E-state index contributed by atoms with van der Waals surface area (Å²) < 4.78 is 5.23. The number of rotatable bonds is 4. The topological polar surface area (TPSA) is 62.6 Å². The molecule has 0 spiro atoms. The van der Waals surface area contributed by atoms with E-state index in [1.807, 2.05) is 22.9 Å². The Labute approximate surface area is 120 Å². The van der Waals surface area contributed by atoms with E-state index >= 15 is 0 Å². The summed E-state index contributed by atoms with van der Waals surface area (Å²) in [4.78, 5) is 25.7. The van der Waals surface area contributed by atoms with Crippen LogP contribution in [-0.2, 0) is 16.1 Å². The lowest BCUT2D eigenvalue weighted by atomic mass is 10.1. The molecule has 2 aromatic rings. The molecule has 2 amide bonds. The molecule has 1 fully saturated rings. The number of carbonyl (C=O) groups excluding carboxylic acids is 2. The van der Waals surface area contributed by atoms with E-state index in [0.29, 0.717) is 13.1 Å². The van der Waals surface area contributed by atoms with Crippen LogP contribution in [0.1, 0.15) is 12.2 Å². The van der Waals surface area contributed by atoms with Gasteiger partial charge in [0.25, 0.3) is 0 Å². The molecule has 1 atom stereocenters. The van der Waals surface area contributed by atoms with Crippen LogP contribution in [0, 0.1) is 5.92 Å². The van der Waals surface area contributed by atoms with Gasteiger partial charge >= 0.3 is 0 Å². The first-order valence-corrected chi connectivity index (χ1v) is 7.30. The van der Waals surface area contributed by atoms with E-state index < -0.39 is 0 Å². The lowest BCUT2D eigenvalue weighted by Crippen LogP contribution is -2.27. The third kappa shape index (κ3) is 2.75. The highest BCUT2D eigenvalue weighted by Crippen LogP contribution is 2.22. The van der Waals surface area contributed by atoms with Crippen molar-refractivity contribution >= 4 is 28.8 Å². The van der Waals surface area contributed by atoms with Gasteiger partial charge in [-0.05, 0) is 23.6 Å². The molecule has 0 radical (unpaired) electrons. The second-order valence-electron chi connectivity index (χ2n) is 4.76. The molecule has 1 N–H and O–H groups in total. The van der Waals surface area contributed by atoms with Crippen molar-refractivity contribution in [3.63, 3.8) is 0 Å². The molecule has 1 aliphatic rings. The van der Waals surface area contributed by atoms with Crippen molar-refractivity contribution in [2.24, 2.45) is 5.92 Å². The van der Waals surface area contributed by atoms with Crippen molar-refractivity contribution in [1.29, 1.82) is 0 Å². The van der Waals surface area contributed by atoms with Crippen molar-refractivity contribution in [3.05, 3.63) is 41.0 Å². The molecule has 1 aliphatic heterocycles. The number of amides is 2. The number of nitrogens with one attached hydrogen (secondary N) is 1. The molecule has 1 saturated heterocycles. The molecule has 3 heterocycles. The molecule has 0 bridgehead atoms. The number of carbonyl (C=O) groups is 2. The standard InChI is InChI=1S/C14H14N2O3S/c17-13-6-10(14(18)15-11-3-5-20-9-11)7-16(13)8-12-2-1-4-19-12/h1-5,9-10H,6-8H2,(H,15,18). The maximum atomic E-state index is 12.1. The summed E-state index contributed by atoms with van der Waals surface area (Å²) in [5.74, 6) is 0.333. The van der Waals surface area contributed by atoms with E-state index in [2.05, 4.69) is 5.32 Å². The Morgan fingerprint density at radius 2 is 2.40 bits per heavy atom. The monoisotopic (exact) mass is 290 g/mol. The summed E-state index contributed by atoms with van der Waals surface area (Å²) in [7, 11) is 0. The molecule has 0 aliphatic carbocycles.